The summed E-state index contributed by atoms with van der Waals surface area (Å²) in [4.78, 5) is 12.1. The number of nitrogens with one attached hydrogen (secondary N) is 1. The van der Waals surface area contributed by atoms with Gasteiger partial charge in [-0.25, -0.2) is 4.39 Å². The maximum Gasteiger partial charge on any atom is 0.251 e. The highest BCUT2D eigenvalue weighted by atomic mass is 19.1. The third-order valence-electron chi connectivity index (χ3n) is 3.91. The van der Waals surface area contributed by atoms with E-state index in [0.29, 0.717) is 11.5 Å². The number of benzene rings is 1. The number of carbonyl (C=O) groups is 1. The minimum absolute atomic E-state index is 0.182. The average Bonchev–Trinajstić information content (AvgIpc) is 2.41. The molecule has 0 aliphatic heterocycles. The molecule has 1 aliphatic carbocycles. The van der Waals surface area contributed by atoms with Crippen LogP contribution in [0.5, 0.6) is 0 Å². The van der Waals surface area contributed by atoms with Crippen molar-refractivity contribution in [2.45, 2.75) is 45.3 Å². The van der Waals surface area contributed by atoms with Gasteiger partial charge in [-0.15, -0.1) is 0 Å². The molecular formula is C15H20FNO2. The molecule has 0 saturated heterocycles. The van der Waals surface area contributed by atoms with Crippen molar-refractivity contribution in [2.75, 3.05) is 0 Å². The lowest BCUT2D eigenvalue weighted by molar-refractivity contribution is 0.0909. The molecule has 1 aromatic rings. The highest BCUT2D eigenvalue weighted by Crippen LogP contribution is 2.24. The summed E-state index contributed by atoms with van der Waals surface area (Å²) in [6.45, 7) is 1.78. The van der Waals surface area contributed by atoms with Crippen LogP contribution in [0.4, 0.5) is 4.39 Å². The second kappa shape index (κ2) is 6.15. The molecule has 0 radical (unpaired) electrons. The standard InChI is InChI=1S/C15H20FNO2/c1-10-4-2-3-5-14(10)17-15(19)11-6-7-12(9-18)13(16)8-11/h6-8,10,14,18H,2-5,9H2,1H3,(H,17,19). The number of carbonyl (C=O) groups excluding carboxylic acids is 1. The maximum absolute atomic E-state index is 13.5. The van der Waals surface area contributed by atoms with Crippen LogP contribution in [0.2, 0.25) is 0 Å². The van der Waals surface area contributed by atoms with Crippen molar-refractivity contribution in [2.24, 2.45) is 5.92 Å². The largest absolute Gasteiger partial charge is 0.392 e. The molecule has 0 bridgehead atoms. The molecule has 2 rings (SSSR count). The van der Waals surface area contributed by atoms with E-state index in [1.807, 2.05) is 0 Å². The summed E-state index contributed by atoms with van der Waals surface area (Å²) in [7, 11) is 0. The second-order valence-electron chi connectivity index (χ2n) is 5.31. The Morgan fingerprint density at radius 1 is 1.42 bits per heavy atom. The van der Waals surface area contributed by atoms with Gasteiger partial charge in [-0.2, -0.15) is 0 Å². The van der Waals surface area contributed by atoms with Gasteiger partial charge in [0.25, 0.3) is 5.91 Å². The molecule has 3 nitrogen and oxygen atoms in total. The number of aliphatic hydroxyl groups is 1. The third-order valence-corrected chi connectivity index (χ3v) is 3.91. The van der Waals surface area contributed by atoms with Crippen molar-refractivity contribution < 1.29 is 14.3 Å². The molecule has 1 aliphatic rings. The van der Waals surface area contributed by atoms with E-state index in [1.165, 1.54) is 18.6 Å². The summed E-state index contributed by atoms with van der Waals surface area (Å²) in [6.07, 6.45) is 4.47. The highest BCUT2D eigenvalue weighted by molar-refractivity contribution is 5.94. The van der Waals surface area contributed by atoms with E-state index in [9.17, 15) is 9.18 Å². The van der Waals surface area contributed by atoms with Crippen molar-refractivity contribution in [1.29, 1.82) is 0 Å². The zero-order valence-electron chi connectivity index (χ0n) is 11.2. The first kappa shape index (κ1) is 14.0. The van der Waals surface area contributed by atoms with E-state index < -0.39 is 5.82 Å². The lowest BCUT2D eigenvalue weighted by atomic mass is 9.86. The van der Waals surface area contributed by atoms with E-state index in [1.54, 1.807) is 6.07 Å². The van der Waals surface area contributed by atoms with Crippen LogP contribution in [-0.4, -0.2) is 17.1 Å². The monoisotopic (exact) mass is 265 g/mol. The van der Waals surface area contributed by atoms with Crippen LogP contribution in [0.3, 0.4) is 0 Å². The first-order valence-electron chi connectivity index (χ1n) is 6.82. The molecule has 2 N–H and O–H groups in total. The number of halogens is 1. The summed E-state index contributed by atoms with van der Waals surface area (Å²) < 4.78 is 13.5. The first-order valence-corrected chi connectivity index (χ1v) is 6.82. The van der Waals surface area contributed by atoms with E-state index in [0.717, 1.165) is 19.3 Å². The average molecular weight is 265 g/mol. The molecule has 1 amide bonds. The molecule has 1 fully saturated rings. The van der Waals surface area contributed by atoms with Crippen LogP contribution < -0.4 is 5.32 Å². The smallest absolute Gasteiger partial charge is 0.251 e. The lowest BCUT2D eigenvalue weighted by Crippen LogP contribution is -2.41. The Hall–Kier alpha value is -1.42. The molecule has 19 heavy (non-hydrogen) atoms. The molecular weight excluding hydrogens is 245 g/mol. The van der Waals surface area contributed by atoms with Gasteiger partial charge >= 0.3 is 0 Å². The van der Waals surface area contributed by atoms with E-state index in [4.69, 9.17) is 5.11 Å². The van der Waals surface area contributed by atoms with Gasteiger partial charge in [-0.1, -0.05) is 25.8 Å². The van der Waals surface area contributed by atoms with E-state index in [-0.39, 0.29) is 24.1 Å². The molecule has 1 saturated carbocycles. The molecule has 0 spiro atoms. The normalized spacial score (nSPS) is 23.1. The SMILES string of the molecule is CC1CCCCC1NC(=O)c1ccc(CO)c(F)c1. The molecule has 2 atom stereocenters. The van der Waals surface area contributed by atoms with Crippen LogP contribution in [-0.2, 0) is 6.61 Å². The summed E-state index contributed by atoms with van der Waals surface area (Å²) in [5, 5.41) is 11.9. The maximum atomic E-state index is 13.5. The van der Waals surface area contributed by atoms with E-state index in [2.05, 4.69) is 12.2 Å². The Balaban J connectivity index is 2.05. The molecule has 0 heterocycles. The number of hydrogen-bond acceptors (Lipinski definition) is 2. The molecule has 1 aromatic carbocycles. The summed E-state index contributed by atoms with van der Waals surface area (Å²) in [6, 6.07) is 4.38. The van der Waals surface area contributed by atoms with Gasteiger partial charge in [0.1, 0.15) is 5.82 Å². The summed E-state index contributed by atoms with van der Waals surface area (Å²) >= 11 is 0. The van der Waals surface area contributed by atoms with Crippen LogP contribution in [0.25, 0.3) is 0 Å². The molecule has 104 valence electrons. The van der Waals surface area contributed by atoms with Crippen LogP contribution in [0.15, 0.2) is 18.2 Å². The van der Waals surface area contributed by atoms with Gasteiger partial charge in [-0.05, 0) is 30.9 Å². The zero-order chi connectivity index (χ0) is 13.8. The van der Waals surface area contributed by atoms with Gasteiger partial charge < -0.3 is 10.4 Å². The second-order valence-corrected chi connectivity index (χ2v) is 5.31. The fraction of sp³-hybridized carbons (Fsp3) is 0.533. The zero-order valence-corrected chi connectivity index (χ0v) is 11.2. The minimum Gasteiger partial charge on any atom is -0.392 e. The Morgan fingerprint density at radius 2 is 2.16 bits per heavy atom. The number of hydrogen-bond donors (Lipinski definition) is 2. The van der Waals surface area contributed by atoms with Gasteiger partial charge in [0.05, 0.1) is 6.61 Å². The van der Waals surface area contributed by atoms with Gasteiger partial charge in [-0.3, -0.25) is 4.79 Å². The van der Waals surface area contributed by atoms with Crippen molar-refractivity contribution in [3.63, 3.8) is 0 Å². The van der Waals surface area contributed by atoms with Crippen LogP contribution in [0, 0.1) is 11.7 Å². The minimum atomic E-state index is -0.535. The van der Waals surface area contributed by atoms with E-state index >= 15 is 0 Å². The van der Waals surface area contributed by atoms with Crippen LogP contribution >= 0.6 is 0 Å². The van der Waals surface area contributed by atoms with Crippen molar-refractivity contribution in [1.82, 2.24) is 5.32 Å². The molecule has 0 aromatic heterocycles. The molecule has 2 unspecified atom stereocenters. The summed E-state index contributed by atoms with van der Waals surface area (Å²) in [5.74, 6) is -0.298. The predicted octanol–water partition coefficient (Wildman–Crippen LogP) is 2.63. The predicted molar refractivity (Wildman–Crippen MR) is 71.2 cm³/mol. The summed E-state index contributed by atoms with van der Waals surface area (Å²) in [5.41, 5.74) is 0.523. The number of aliphatic hydroxyl groups excluding tert-OH is 1. The van der Waals surface area contributed by atoms with Gasteiger partial charge in [0.15, 0.2) is 0 Å². The third kappa shape index (κ3) is 3.32. The topological polar surface area (TPSA) is 49.3 Å². The fourth-order valence-electron chi connectivity index (χ4n) is 2.60. The first-order chi connectivity index (χ1) is 9.11. The Kier molecular flexibility index (Phi) is 4.53. The van der Waals surface area contributed by atoms with Crippen molar-refractivity contribution in [3.05, 3.63) is 35.1 Å². The fourth-order valence-corrected chi connectivity index (χ4v) is 2.60. The van der Waals surface area contributed by atoms with Gasteiger partial charge in [0.2, 0.25) is 0 Å². The molecule has 4 heteroatoms. The van der Waals surface area contributed by atoms with Crippen molar-refractivity contribution >= 4 is 5.91 Å². The quantitative estimate of drug-likeness (QED) is 0.882. The Bertz CT molecular complexity index is 461. The van der Waals surface area contributed by atoms with Gasteiger partial charge in [0, 0.05) is 17.2 Å². The Morgan fingerprint density at radius 3 is 2.79 bits per heavy atom. The number of rotatable bonds is 3. The highest BCUT2D eigenvalue weighted by Gasteiger charge is 2.23. The van der Waals surface area contributed by atoms with Crippen LogP contribution in [0.1, 0.15) is 48.5 Å². The Labute approximate surface area is 112 Å². The van der Waals surface area contributed by atoms with Crippen molar-refractivity contribution in [3.8, 4) is 0 Å². The lowest BCUT2D eigenvalue weighted by Gasteiger charge is -2.29. The number of amides is 1.